The van der Waals surface area contributed by atoms with Crippen molar-refractivity contribution in [2.75, 3.05) is 5.32 Å². The van der Waals surface area contributed by atoms with Crippen molar-refractivity contribution in [1.29, 1.82) is 0 Å². The van der Waals surface area contributed by atoms with E-state index in [9.17, 15) is 9.59 Å². The van der Waals surface area contributed by atoms with Gasteiger partial charge < -0.3 is 9.88 Å². The van der Waals surface area contributed by atoms with Crippen molar-refractivity contribution < 1.29 is 14.8 Å². The van der Waals surface area contributed by atoms with Gasteiger partial charge in [0.25, 0.3) is 5.91 Å². The highest BCUT2D eigenvalue weighted by atomic mass is 35.5. The molecule has 2 heterocycles. The molecular formula is C30H26Cl2N6O3. The van der Waals surface area contributed by atoms with E-state index in [0.29, 0.717) is 40.8 Å². The van der Waals surface area contributed by atoms with E-state index in [1.54, 1.807) is 30.0 Å². The number of fused-ring (bicyclic) bond motifs is 1. The molecule has 0 unspecified atom stereocenters. The topological polar surface area (TPSA) is 125 Å². The summed E-state index contributed by atoms with van der Waals surface area (Å²) in [6, 6.07) is 20.2. The number of aromatic amines is 1. The lowest BCUT2D eigenvalue weighted by atomic mass is 10.1. The van der Waals surface area contributed by atoms with Crippen LogP contribution in [0.25, 0.3) is 28.4 Å². The Kier molecular flexibility index (Phi) is 8.79. The van der Waals surface area contributed by atoms with E-state index < -0.39 is 5.91 Å². The van der Waals surface area contributed by atoms with E-state index in [1.165, 1.54) is 0 Å². The number of hydrogen-bond acceptors (Lipinski definition) is 5. The van der Waals surface area contributed by atoms with Gasteiger partial charge in [-0.05, 0) is 54.8 Å². The number of aromatic nitrogens is 4. The van der Waals surface area contributed by atoms with Gasteiger partial charge in [-0.25, -0.2) is 10.5 Å². The Hall–Kier alpha value is -4.44. The second kappa shape index (κ2) is 12.8. The van der Waals surface area contributed by atoms with Crippen LogP contribution in [-0.4, -0.2) is 36.8 Å². The highest BCUT2D eigenvalue weighted by Gasteiger charge is 2.13. The molecule has 0 bridgehead atoms. The SMILES string of the molecule is O=C(CCC/C=C/c1ccc(C(=O)Nc2cc(-c3ccc4ncn(Cc5c(Cl)cccc5Cl)c4c3)[nH]n2)cc1)NO. The van der Waals surface area contributed by atoms with Gasteiger partial charge >= 0.3 is 0 Å². The fraction of sp³-hybridized carbons (Fsp3) is 0.133. The lowest BCUT2D eigenvalue weighted by Gasteiger charge is -2.09. The summed E-state index contributed by atoms with van der Waals surface area (Å²) in [7, 11) is 0. The fourth-order valence-corrected chi connectivity index (χ4v) is 4.84. The first-order valence-corrected chi connectivity index (χ1v) is 13.6. The third-order valence-corrected chi connectivity index (χ3v) is 7.23. The van der Waals surface area contributed by atoms with Crippen LogP contribution in [0.5, 0.6) is 0 Å². The van der Waals surface area contributed by atoms with E-state index in [0.717, 1.165) is 33.4 Å². The van der Waals surface area contributed by atoms with Gasteiger partial charge in [0, 0.05) is 39.2 Å². The number of unbranched alkanes of at least 4 members (excludes halogenated alkanes) is 1. The van der Waals surface area contributed by atoms with Crippen LogP contribution in [0.3, 0.4) is 0 Å². The monoisotopic (exact) mass is 588 g/mol. The quantitative estimate of drug-likeness (QED) is 0.0818. The maximum Gasteiger partial charge on any atom is 0.256 e. The van der Waals surface area contributed by atoms with E-state index in [1.807, 2.05) is 65.3 Å². The molecule has 0 saturated heterocycles. The van der Waals surface area contributed by atoms with E-state index in [4.69, 9.17) is 28.4 Å². The molecule has 0 radical (unpaired) electrons. The minimum absolute atomic E-state index is 0.257. The minimum Gasteiger partial charge on any atom is -0.326 e. The second-order valence-electron chi connectivity index (χ2n) is 9.35. The maximum atomic E-state index is 12.8. The number of benzene rings is 3. The number of carbonyl (C=O) groups is 2. The molecule has 0 saturated carbocycles. The molecular weight excluding hydrogens is 563 g/mol. The summed E-state index contributed by atoms with van der Waals surface area (Å²) in [5, 5.41) is 19.8. The van der Waals surface area contributed by atoms with Crippen molar-refractivity contribution in [3.63, 3.8) is 0 Å². The fourth-order valence-electron chi connectivity index (χ4n) is 4.33. The first-order chi connectivity index (χ1) is 19.9. The Morgan fingerprint density at radius 2 is 1.80 bits per heavy atom. The molecule has 0 atom stereocenters. The molecule has 0 aliphatic heterocycles. The molecule has 4 N–H and O–H groups in total. The summed E-state index contributed by atoms with van der Waals surface area (Å²) in [6.45, 7) is 0.473. The third kappa shape index (κ3) is 6.83. The standard InChI is InChI=1S/C30H26Cl2N6O3/c31-23-6-4-7-24(32)22(23)17-38-18-33-25-14-13-21(15-27(25)38)26-16-28(36-35-26)34-30(40)20-11-9-19(10-12-20)5-2-1-3-8-29(39)37-41/h2,4-7,9-16,18,41H,1,3,8,17H2,(H,37,39)(H2,34,35,36,40)/b5-2+. The van der Waals surface area contributed by atoms with Gasteiger partial charge in [0.15, 0.2) is 5.82 Å². The molecule has 11 heteroatoms. The Bertz CT molecular complexity index is 1710. The normalized spacial score (nSPS) is 11.3. The van der Waals surface area contributed by atoms with Crippen molar-refractivity contribution in [1.82, 2.24) is 25.2 Å². The van der Waals surface area contributed by atoms with Crippen molar-refractivity contribution in [3.05, 3.63) is 106 Å². The molecule has 5 aromatic rings. The molecule has 5 rings (SSSR count). The number of halogens is 2. The molecule has 41 heavy (non-hydrogen) atoms. The van der Waals surface area contributed by atoms with E-state index >= 15 is 0 Å². The average Bonchev–Trinajstić information content (AvgIpc) is 3.61. The van der Waals surface area contributed by atoms with E-state index in [-0.39, 0.29) is 12.3 Å². The predicted molar refractivity (Wildman–Crippen MR) is 160 cm³/mol. The van der Waals surface area contributed by atoms with Gasteiger partial charge in [-0.15, -0.1) is 0 Å². The van der Waals surface area contributed by atoms with Gasteiger partial charge in [-0.1, -0.05) is 59.6 Å². The number of nitrogens with one attached hydrogen (secondary N) is 3. The number of imidazole rings is 1. The molecule has 0 aliphatic rings. The Labute approximate surface area is 245 Å². The van der Waals surface area contributed by atoms with Crippen LogP contribution in [0.1, 0.15) is 40.7 Å². The predicted octanol–water partition coefficient (Wildman–Crippen LogP) is 6.72. The molecule has 9 nitrogen and oxygen atoms in total. The zero-order valence-corrected chi connectivity index (χ0v) is 23.3. The first-order valence-electron chi connectivity index (χ1n) is 12.9. The van der Waals surface area contributed by atoms with Crippen molar-refractivity contribution in [3.8, 4) is 11.3 Å². The average molecular weight is 589 g/mol. The summed E-state index contributed by atoms with van der Waals surface area (Å²) < 4.78 is 1.99. The number of allylic oxidation sites excluding steroid dienone is 1. The minimum atomic E-state index is -0.401. The number of hydroxylamine groups is 1. The maximum absolute atomic E-state index is 12.8. The zero-order chi connectivity index (χ0) is 28.8. The summed E-state index contributed by atoms with van der Waals surface area (Å²) >= 11 is 12.8. The molecule has 2 aromatic heterocycles. The first kappa shape index (κ1) is 28.1. The summed E-state index contributed by atoms with van der Waals surface area (Å²) in [5.41, 5.74) is 7.22. The molecule has 3 aromatic carbocycles. The van der Waals surface area contributed by atoms with Crippen molar-refractivity contribution >= 4 is 57.9 Å². The van der Waals surface area contributed by atoms with Crippen LogP contribution in [0.4, 0.5) is 5.82 Å². The number of carbonyl (C=O) groups excluding carboxylic acids is 2. The summed E-state index contributed by atoms with van der Waals surface area (Å²) in [4.78, 5) is 28.3. The molecule has 0 spiro atoms. The Morgan fingerprint density at radius 3 is 2.56 bits per heavy atom. The number of hydrogen-bond donors (Lipinski definition) is 4. The Morgan fingerprint density at radius 1 is 1.02 bits per heavy atom. The highest BCUT2D eigenvalue weighted by Crippen LogP contribution is 2.28. The zero-order valence-electron chi connectivity index (χ0n) is 21.8. The molecule has 208 valence electrons. The van der Waals surface area contributed by atoms with Gasteiger partial charge in [-0.2, -0.15) is 5.10 Å². The van der Waals surface area contributed by atoms with Gasteiger partial charge in [0.1, 0.15) is 0 Å². The second-order valence-corrected chi connectivity index (χ2v) is 10.2. The van der Waals surface area contributed by atoms with Crippen molar-refractivity contribution in [2.45, 2.75) is 25.8 Å². The molecule has 0 fully saturated rings. The van der Waals surface area contributed by atoms with Crippen LogP contribution >= 0.6 is 23.2 Å². The van der Waals surface area contributed by atoms with Crippen LogP contribution < -0.4 is 10.8 Å². The number of anilines is 1. The number of H-pyrrole nitrogens is 1. The smallest absolute Gasteiger partial charge is 0.256 e. The number of amides is 2. The van der Waals surface area contributed by atoms with Gasteiger partial charge in [-0.3, -0.25) is 19.9 Å². The van der Waals surface area contributed by atoms with Crippen LogP contribution in [0, 0.1) is 0 Å². The van der Waals surface area contributed by atoms with Crippen LogP contribution in [0.2, 0.25) is 10.0 Å². The Balaban J connectivity index is 1.23. The number of nitrogens with zero attached hydrogens (tertiary/aromatic N) is 3. The molecule has 0 aliphatic carbocycles. The van der Waals surface area contributed by atoms with Gasteiger partial charge in [0.2, 0.25) is 5.91 Å². The third-order valence-electron chi connectivity index (χ3n) is 6.52. The summed E-state index contributed by atoms with van der Waals surface area (Å²) in [6.07, 6.45) is 7.21. The lowest BCUT2D eigenvalue weighted by molar-refractivity contribution is -0.129. The van der Waals surface area contributed by atoms with Crippen LogP contribution in [0.15, 0.2) is 79.1 Å². The lowest BCUT2D eigenvalue weighted by Crippen LogP contribution is -2.17. The van der Waals surface area contributed by atoms with E-state index in [2.05, 4.69) is 20.5 Å². The highest BCUT2D eigenvalue weighted by molar-refractivity contribution is 6.36. The van der Waals surface area contributed by atoms with Gasteiger partial charge in [0.05, 0.1) is 29.6 Å². The van der Waals surface area contributed by atoms with Crippen LogP contribution in [-0.2, 0) is 11.3 Å². The largest absolute Gasteiger partial charge is 0.326 e. The summed E-state index contributed by atoms with van der Waals surface area (Å²) in [5.74, 6) is -0.280. The number of rotatable bonds is 10. The molecule has 2 amide bonds. The van der Waals surface area contributed by atoms with Crippen molar-refractivity contribution in [2.24, 2.45) is 0 Å².